The van der Waals surface area contributed by atoms with Gasteiger partial charge in [0.25, 0.3) is 5.56 Å². The first-order valence-corrected chi connectivity index (χ1v) is 9.16. The lowest BCUT2D eigenvalue weighted by molar-refractivity contribution is -0.132. The standard InChI is InChI=1S/C18H18N4O2S/c1-22(10-14-20-13-7-9-25-16(13)17(23)21-14)18(24)12-6-2-4-11-5-3-8-19-15(11)12/h3,5,7-9,12H,2,4,6,10H2,1H3,(H,20,21,23). The van der Waals surface area contributed by atoms with Crippen molar-refractivity contribution >= 4 is 27.5 Å². The van der Waals surface area contributed by atoms with Crippen LogP contribution in [0.1, 0.15) is 35.8 Å². The summed E-state index contributed by atoms with van der Waals surface area (Å²) in [5.41, 5.74) is 2.57. The predicted molar refractivity (Wildman–Crippen MR) is 96.6 cm³/mol. The first kappa shape index (κ1) is 16.0. The molecule has 0 saturated carbocycles. The molecular formula is C18H18N4O2S. The number of rotatable bonds is 3. The molecule has 3 aromatic heterocycles. The van der Waals surface area contributed by atoms with Gasteiger partial charge in [-0.2, -0.15) is 0 Å². The number of hydrogen-bond donors (Lipinski definition) is 1. The molecule has 0 saturated heterocycles. The van der Waals surface area contributed by atoms with Crippen molar-refractivity contribution in [3.63, 3.8) is 0 Å². The van der Waals surface area contributed by atoms with Crippen LogP contribution in [-0.4, -0.2) is 32.8 Å². The van der Waals surface area contributed by atoms with Crippen molar-refractivity contribution in [1.29, 1.82) is 0 Å². The summed E-state index contributed by atoms with van der Waals surface area (Å²) < 4.78 is 0.614. The minimum absolute atomic E-state index is 0.0210. The third-order valence-corrected chi connectivity index (χ3v) is 5.52. The Kier molecular flexibility index (Phi) is 4.09. The summed E-state index contributed by atoms with van der Waals surface area (Å²) >= 11 is 1.37. The van der Waals surface area contributed by atoms with E-state index in [1.807, 2.05) is 23.6 Å². The largest absolute Gasteiger partial charge is 0.338 e. The number of nitrogens with zero attached hydrogens (tertiary/aromatic N) is 3. The summed E-state index contributed by atoms with van der Waals surface area (Å²) in [6.07, 6.45) is 4.51. The Bertz CT molecular complexity index is 994. The molecule has 1 aliphatic rings. The second-order valence-corrected chi connectivity index (χ2v) is 7.25. The number of thiophene rings is 1. The molecule has 0 bridgehead atoms. The Morgan fingerprint density at radius 3 is 3.20 bits per heavy atom. The van der Waals surface area contributed by atoms with Crippen LogP contribution in [0.3, 0.4) is 0 Å². The van der Waals surface area contributed by atoms with Crippen molar-refractivity contribution in [2.45, 2.75) is 31.7 Å². The molecule has 3 heterocycles. The molecule has 128 valence electrons. The highest BCUT2D eigenvalue weighted by Gasteiger charge is 2.30. The van der Waals surface area contributed by atoms with E-state index in [4.69, 9.17) is 0 Å². The molecule has 25 heavy (non-hydrogen) atoms. The minimum atomic E-state index is -0.216. The van der Waals surface area contributed by atoms with E-state index in [1.165, 1.54) is 11.3 Å². The number of aryl methyl sites for hydroxylation is 1. The zero-order valence-corrected chi connectivity index (χ0v) is 14.7. The normalized spacial score (nSPS) is 16.6. The molecule has 1 aliphatic carbocycles. The maximum atomic E-state index is 12.9. The molecule has 1 unspecified atom stereocenters. The molecule has 7 heteroatoms. The van der Waals surface area contributed by atoms with E-state index >= 15 is 0 Å². The maximum absolute atomic E-state index is 12.9. The summed E-state index contributed by atoms with van der Waals surface area (Å²) in [6, 6.07) is 5.79. The van der Waals surface area contributed by atoms with Crippen molar-refractivity contribution in [3.05, 3.63) is 57.2 Å². The van der Waals surface area contributed by atoms with Gasteiger partial charge < -0.3 is 9.88 Å². The first-order chi connectivity index (χ1) is 12.1. The van der Waals surface area contributed by atoms with Gasteiger partial charge in [-0.3, -0.25) is 14.6 Å². The molecule has 6 nitrogen and oxygen atoms in total. The lowest BCUT2D eigenvalue weighted by atomic mass is 9.86. The summed E-state index contributed by atoms with van der Waals surface area (Å²) in [5, 5.41) is 1.84. The van der Waals surface area contributed by atoms with Crippen LogP contribution in [0.15, 0.2) is 34.6 Å². The zero-order chi connectivity index (χ0) is 17.4. The van der Waals surface area contributed by atoms with Gasteiger partial charge in [0.05, 0.1) is 23.7 Å². The van der Waals surface area contributed by atoms with Gasteiger partial charge >= 0.3 is 0 Å². The highest BCUT2D eigenvalue weighted by molar-refractivity contribution is 7.17. The number of aromatic nitrogens is 3. The van der Waals surface area contributed by atoms with Crippen molar-refractivity contribution in [1.82, 2.24) is 19.9 Å². The fourth-order valence-corrected chi connectivity index (χ4v) is 4.14. The average Bonchev–Trinajstić information content (AvgIpc) is 3.09. The van der Waals surface area contributed by atoms with E-state index in [0.29, 0.717) is 16.0 Å². The van der Waals surface area contributed by atoms with Crippen LogP contribution in [0.5, 0.6) is 0 Å². The predicted octanol–water partition coefficient (Wildman–Crippen LogP) is 2.46. The number of carbonyl (C=O) groups is 1. The highest BCUT2D eigenvalue weighted by Crippen LogP contribution is 2.31. The molecule has 0 spiro atoms. The maximum Gasteiger partial charge on any atom is 0.268 e. The summed E-state index contributed by atoms with van der Waals surface area (Å²) in [5.74, 6) is 0.308. The molecule has 3 aromatic rings. The minimum Gasteiger partial charge on any atom is -0.338 e. The van der Waals surface area contributed by atoms with E-state index in [0.717, 1.165) is 30.5 Å². The Morgan fingerprint density at radius 2 is 2.32 bits per heavy atom. The van der Waals surface area contributed by atoms with Crippen LogP contribution in [0.4, 0.5) is 0 Å². The van der Waals surface area contributed by atoms with Crippen molar-refractivity contribution in [3.8, 4) is 0 Å². The molecule has 1 atom stereocenters. The van der Waals surface area contributed by atoms with E-state index in [-0.39, 0.29) is 23.9 Å². The topological polar surface area (TPSA) is 79.0 Å². The third kappa shape index (κ3) is 2.95. The van der Waals surface area contributed by atoms with Crippen molar-refractivity contribution in [2.24, 2.45) is 0 Å². The van der Waals surface area contributed by atoms with Gasteiger partial charge in [0.2, 0.25) is 5.91 Å². The van der Waals surface area contributed by atoms with E-state index < -0.39 is 0 Å². The van der Waals surface area contributed by atoms with Crippen molar-refractivity contribution in [2.75, 3.05) is 7.05 Å². The van der Waals surface area contributed by atoms with Gasteiger partial charge in [0.15, 0.2) is 0 Å². The van der Waals surface area contributed by atoms with Crippen LogP contribution in [-0.2, 0) is 17.8 Å². The summed E-state index contributed by atoms with van der Waals surface area (Å²) in [7, 11) is 1.75. The van der Waals surface area contributed by atoms with Crippen LogP contribution in [0, 0.1) is 0 Å². The van der Waals surface area contributed by atoms with Gasteiger partial charge in [-0.25, -0.2) is 4.98 Å². The third-order valence-electron chi connectivity index (χ3n) is 4.62. The average molecular weight is 354 g/mol. The molecule has 0 aliphatic heterocycles. The number of amides is 1. The molecule has 0 radical (unpaired) electrons. The van der Waals surface area contributed by atoms with Gasteiger partial charge in [-0.05, 0) is 42.3 Å². The number of hydrogen-bond acceptors (Lipinski definition) is 5. The van der Waals surface area contributed by atoms with Crippen LogP contribution in [0.25, 0.3) is 10.2 Å². The fraction of sp³-hybridized carbons (Fsp3) is 0.333. The second-order valence-electron chi connectivity index (χ2n) is 6.33. The quantitative estimate of drug-likeness (QED) is 0.784. The van der Waals surface area contributed by atoms with E-state index in [2.05, 4.69) is 15.0 Å². The van der Waals surface area contributed by atoms with E-state index in [9.17, 15) is 9.59 Å². The molecular weight excluding hydrogens is 336 g/mol. The number of fused-ring (bicyclic) bond motifs is 2. The van der Waals surface area contributed by atoms with E-state index in [1.54, 1.807) is 18.1 Å². The number of H-pyrrole nitrogens is 1. The van der Waals surface area contributed by atoms with Gasteiger partial charge in [0, 0.05) is 13.2 Å². The summed E-state index contributed by atoms with van der Waals surface area (Å²) in [6.45, 7) is 0.276. The number of aromatic amines is 1. The summed E-state index contributed by atoms with van der Waals surface area (Å²) in [4.78, 5) is 38.3. The monoisotopic (exact) mass is 354 g/mol. The number of likely N-dealkylation sites (N-methyl/N-ethyl adjacent to an activating group) is 1. The zero-order valence-electron chi connectivity index (χ0n) is 13.9. The van der Waals surface area contributed by atoms with Crippen LogP contribution in [0.2, 0.25) is 0 Å². The Labute approximate surface area is 148 Å². The van der Waals surface area contributed by atoms with Crippen molar-refractivity contribution < 1.29 is 4.79 Å². The number of carbonyl (C=O) groups excluding carboxylic acids is 1. The molecule has 4 rings (SSSR count). The van der Waals surface area contributed by atoms with Gasteiger partial charge in [-0.15, -0.1) is 11.3 Å². The highest BCUT2D eigenvalue weighted by atomic mass is 32.1. The molecule has 0 aromatic carbocycles. The fourth-order valence-electron chi connectivity index (χ4n) is 3.41. The number of nitrogens with one attached hydrogen (secondary N) is 1. The lowest BCUT2D eigenvalue weighted by Crippen LogP contribution is -2.34. The lowest BCUT2D eigenvalue weighted by Gasteiger charge is -2.27. The van der Waals surface area contributed by atoms with Gasteiger partial charge in [-0.1, -0.05) is 6.07 Å². The molecule has 0 fully saturated rings. The Balaban J connectivity index is 1.57. The Hall–Kier alpha value is -2.54. The SMILES string of the molecule is CN(Cc1nc2ccsc2c(=O)[nH]1)C(=O)C1CCCc2cccnc21. The molecule has 1 N–H and O–H groups in total. The van der Waals surface area contributed by atoms with Gasteiger partial charge in [0.1, 0.15) is 10.5 Å². The first-order valence-electron chi connectivity index (χ1n) is 8.28. The number of pyridine rings is 1. The molecule has 1 amide bonds. The smallest absolute Gasteiger partial charge is 0.268 e. The van der Waals surface area contributed by atoms with Crippen LogP contribution < -0.4 is 5.56 Å². The van der Waals surface area contributed by atoms with Crippen LogP contribution >= 0.6 is 11.3 Å². The Morgan fingerprint density at radius 1 is 1.44 bits per heavy atom. The second kappa shape index (κ2) is 6.40.